The van der Waals surface area contributed by atoms with E-state index in [2.05, 4.69) is 10.1 Å². The van der Waals surface area contributed by atoms with Gasteiger partial charge in [0.2, 0.25) is 5.91 Å². The van der Waals surface area contributed by atoms with E-state index in [1.54, 1.807) is 0 Å². The normalized spacial score (nSPS) is 18.0. The summed E-state index contributed by atoms with van der Waals surface area (Å²) in [4.78, 5) is 33.4. The van der Waals surface area contributed by atoms with Crippen LogP contribution in [-0.2, 0) is 23.9 Å². The summed E-state index contributed by atoms with van der Waals surface area (Å²) in [5.41, 5.74) is 0. The molecule has 0 heterocycles. The Morgan fingerprint density at radius 2 is 1.90 bits per heavy atom. The molecule has 21 heavy (non-hydrogen) atoms. The summed E-state index contributed by atoms with van der Waals surface area (Å²) in [5, 5.41) is 30.4. The Bertz CT molecular complexity index is 361. The van der Waals surface area contributed by atoms with E-state index in [0.29, 0.717) is 6.29 Å². The van der Waals surface area contributed by atoms with Gasteiger partial charge in [0.05, 0.1) is 13.7 Å². The van der Waals surface area contributed by atoms with Crippen molar-refractivity contribution in [2.24, 2.45) is 0 Å². The van der Waals surface area contributed by atoms with Gasteiger partial charge in [0.15, 0.2) is 6.10 Å². The number of aliphatic hydroxyl groups is 3. The largest absolute Gasteiger partial charge is 0.467 e. The lowest BCUT2D eigenvalue weighted by molar-refractivity contribution is -0.171. The highest BCUT2D eigenvalue weighted by atomic mass is 16.6. The Hall–Kier alpha value is -1.55. The van der Waals surface area contributed by atoms with E-state index < -0.39 is 48.9 Å². The fourth-order valence-corrected chi connectivity index (χ4v) is 1.59. The maximum Gasteiger partial charge on any atom is 0.334 e. The number of esters is 1. The number of aliphatic hydroxyl groups excluding tert-OH is 3. The van der Waals surface area contributed by atoms with Gasteiger partial charge in [0, 0.05) is 6.92 Å². The molecule has 0 aromatic rings. The van der Waals surface area contributed by atoms with Gasteiger partial charge < -0.3 is 34.9 Å². The van der Waals surface area contributed by atoms with Gasteiger partial charge in [0.25, 0.3) is 0 Å². The molecule has 1 amide bonds. The molecule has 122 valence electrons. The molecule has 0 saturated carbocycles. The molecule has 0 aliphatic rings. The van der Waals surface area contributed by atoms with E-state index in [4.69, 9.17) is 9.84 Å². The predicted octanol–water partition coefficient (Wildman–Crippen LogP) is -2.65. The van der Waals surface area contributed by atoms with Gasteiger partial charge in [-0.1, -0.05) is 0 Å². The molecule has 0 saturated heterocycles. The molecule has 0 aliphatic carbocycles. The number of rotatable bonds is 9. The second kappa shape index (κ2) is 9.40. The monoisotopic (exact) mass is 307 g/mol. The van der Waals surface area contributed by atoms with Gasteiger partial charge in [-0.3, -0.25) is 4.79 Å². The number of ether oxygens (including phenoxy) is 2. The van der Waals surface area contributed by atoms with E-state index in [1.165, 1.54) is 6.92 Å². The molecule has 0 radical (unpaired) electrons. The summed E-state index contributed by atoms with van der Waals surface area (Å²) in [6.07, 6.45) is -5.62. The highest BCUT2D eigenvalue weighted by molar-refractivity contribution is 5.78. The summed E-state index contributed by atoms with van der Waals surface area (Å²) in [6.45, 7) is 1.66. The number of carbonyl (C=O) groups is 3. The first kappa shape index (κ1) is 19.4. The lowest BCUT2D eigenvalue weighted by atomic mass is 10.0. The maximum atomic E-state index is 11.3. The van der Waals surface area contributed by atoms with Crippen molar-refractivity contribution in [2.45, 2.75) is 44.3 Å². The minimum atomic E-state index is -1.70. The molecular formula is C12H21NO8. The number of carbonyl (C=O) groups excluding carboxylic acids is 3. The van der Waals surface area contributed by atoms with E-state index in [1.807, 2.05) is 0 Å². The van der Waals surface area contributed by atoms with Crippen molar-refractivity contribution in [3.63, 3.8) is 0 Å². The van der Waals surface area contributed by atoms with Crippen LogP contribution in [0.2, 0.25) is 0 Å². The third-order valence-corrected chi connectivity index (χ3v) is 2.68. The van der Waals surface area contributed by atoms with E-state index in [0.717, 1.165) is 14.0 Å². The first-order valence-corrected chi connectivity index (χ1v) is 6.21. The smallest absolute Gasteiger partial charge is 0.334 e. The van der Waals surface area contributed by atoms with Crippen LogP contribution in [0.1, 0.15) is 13.8 Å². The van der Waals surface area contributed by atoms with Crippen molar-refractivity contribution >= 4 is 18.2 Å². The van der Waals surface area contributed by atoms with Crippen molar-refractivity contribution in [1.29, 1.82) is 0 Å². The summed E-state index contributed by atoms with van der Waals surface area (Å²) in [5.74, 6) is -1.34. The molecule has 0 aliphatic heterocycles. The average molecular weight is 307 g/mol. The molecule has 9 nitrogen and oxygen atoms in total. The van der Waals surface area contributed by atoms with Crippen molar-refractivity contribution in [3.8, 4) is 0 Å². The van der Waals surface area contributed by atoms with Crippen LogP contribution in [0.15, 0.2) is 0 Å². The SMILES string of the molecule is COC(=O)[C@@H](C)O[C@@H]([C@H](O)[C@H](O)CO)[C@H](C=O)NC(C)=O. The van der Waals surface area contributed by atoms with Crippen molar-refractivity contribution in [3.05, 3.63) is 0 Å². The minimum absolute atomic E-state index is 0.295. The van der Waals surface area contributed by atoms with Crippen LogP contribution in [0.3, 0.4) is 0 Å². The topological polar surface area (TPSA) is 142 Å². The van der Waals surface area contributed by atoms with E-state index >= 15 is 0 Å². The van der Waals surface area contributed by atoms with Crippen molar-refractivity contribution in [2.75, 3.05) is 13.7 Å². The van der Waals surface area contributed by atoms with E-state index in [9.17, 15) is 24.6 Å². The van der Waals surface area contributed by atoms with Gasteiger partial charge in [-0.15, -0.1) is 0 Å². The Labute approximate surface area is 121 Å². The fraction of sp³-hybridized carbons (Fsp3) is 0.750. The molecule has 0 fully saturated rings. The number of methoxy groups -OCH3 is 1. The zero-order chi connectivity index (χ0) is 16.6. The maximum absolute atomic E-state index is 11.3. The highest BCUT2D eigenvalue weighted by Gasteiger charge is 2.36. The zero-order valence-corrected chi connectivity index (χ0v) is 12.1. The van der Waals surface area contributed by atoms with Crippen LogP contribution >= 0.6 is 0 Å². The lowest BCUT2D eigenvalue weighted by Crippen LogP contribution is -2.55. The third-order valence-electron chi connectivity index (χ3n) is 2.68. The second-order valence-corrected chi connectivity index (χ2v) is 4.37. The Kier molecular flexibility index (Phi) is 8.70. The second-order valence-electron chi connectivity index (χ2n) is 4.37. The number of hydrogen-bond acceptors (Lipinski definition) is 8. The number of hydrogen-bond donors (Lipinski definition) is 4. The molecular weight excluding hydrogens is 286 g/mol. The summed E-state index contributed by atoms with van der Waals surface area (Å²) in [7, 11) is 1.13. The molecule has 0 aromatic carbocycles. The highest BCUT2D eigenvalue weighted by Crippen LogP contribution is 2.12. The van der Waals surface area contributed by atoms with Crippen molar-refractivity contribution < 1.29 is 39.2 Å². The zero-order valence-electron chi connectivity index (χ0n) is 12.1. The van der Waals surface area contributed by atoms with Crippen LogP contribution < -0.4 is 5.32 Å². The molecule has 0 bridgehead atoms. The molecule has 0 aromatic heterocycles. The van der Waals surface area contributed by atoms with Crippen LogP contribution in [0.4, 0.5) is 0 Å². The van der Waals surface area contributed by atoms with Gasteiger partial charge in [-0.25, -0.2) is 4.79 Å². The molecule has 0 rings (SSSR count). The van der Waals surface area contributed by atoms with Gasteiger partial charge in [0.1, 0.15) is 30.6 Å². The predicted molar refractivity (Wildman–Crippen MR) is 69.1 cm³/mol. The summed E-state index contributed by atoms with van der Waals surface area (Å²) < 4.78 is 9.64. The Morgan fingerprint density at radius 3 is 2.29 bits per heavy atom. The van der Waals surface area contributed by atoms with Crippen LogP contribution in [-0.4, -0.2) is 77.7 Å². The van der Waals surface area contributed by atoms with Crippen LogP contribution in [0, 0.1) is 0 Å². The van der Waals surface area contributed by atoms with Crippen LogP contribution in [0.5, 0.6) is 0 Å². The lowest BCUT2D eigenvalue weighted by Gasteiger charge is -2.31. The van der Waals surface area contributed by atoms with Crippen molar-refractivity contribution in [1.82, 2.24) is 5.32 Å². The fourth-order valence-electron chi connectivity index (χ4n) is 1.59. The van der Waals surface area contributed by atoms with E-state index in [-0.39, 0.29) is 0 Å². The molecule has 9 heteroatoms. The number of amides is 1. The average Bonchev–Trinajstić information content (AvgIpc) is 2.47. The Morgan fingerprint density at radius 1 is 1.33 bits per heavy atom. The standard InChI is InChI=1S/C12H21NO8/c1-6(12(19)20-3)21-11(10(18)9(17)5-15)8(4-14)13-7(2)16/h4,6,8-11,15,17-18H,5H2,1-3H3,(H,13,16)/t6-,8+,9-,10-,11-/m1/s1. The van der Waals surface area contributed by atoms with Crippen LogP contribution in [0.25, 0.3) is 0 Å². The minimum Gasteiger partial charge on any atom is -0.467 e. The molecule has 0 spiro atoms. The van der Waals surface area contributed by atoms with Gasteiger partial charge in [-0.2, -0.15) is 0 Å². The number of nitrogens with one attached hydrogen (secondary N) is 1. The molecule has 4 N–H and O–H groups in total. The van der Waals surface area contributed by atoms with Gasteiger partial charge in [-0.05, 0) is 6.92 Å². The third kappa shape index (κ3) is 6.17. The first-order valence-electron chi connectivity index (χ1n) is 6.21. The first-order chi connectivity index (χ1) is 9.78. The van der Waals surface area contributed by atoms with Gasteiger partial charge >= 0.3 is 5.97 Å². The molecule has 5 atom stereocenters. The molecule has 0 unspecified atom stereocenters. The number of aldehydes is 1. The Balaban J connectivity index is 5.19. The quantitative estimate of drug-likeness (QED) is 0.267. The summed E-state index contributed by atoms with van der Waals surface area (Å²) >= 11 is 0. The summed E-state index contributed by atoms with van der Waals surface area (Å²) in [6, 6.07) is -1.31.